The summed E-state index contributed by atoms with van der Waals surface area (Å²) in [6.07, 6.45) is 1.70. The van der Waals surface area contributed by atoms with Crippen molar-refractivity contribution >= 4 is 35.0 Å². The van der Waals surface area contributed by atoms with Crippen molar-refractivity contribution in [2.75, 3.05) is 19.0 Å². The third-order valence-corrected chi connectivity index (χ3v) is 6.89. The first-order valence-electron chi connectivity index (χ1n) is 12.5. The molecule has 1 aliphatic heterocycles. The number of anilines is 1. The van der Waals surface area contributed by atoms with E-state index in [1.807, 2.05) is 32.0 Å². The third kappa shape index (κ3) is 5.96. The molecule has 1 atom stereocenters. The van der Waals surface area contributed by atoms with Crippen molar-refractivity contribution in [3.63, 3.8) is 0 Å². The van der Waals surface area contributed by atoms with E-state index in [2.05, 4.69) is 10.3 Å². The average Bonchev–Trinajstić information content (AvgIpc) is 3.18. The molecular formula is C29H31N3O6S. The minimum Gasteiger partial charge on any atom is -0.493 e. The maximum absolute atomic E-state index is 13.8. The van der Waals surface area contributed by atoms with E-state index in [0.717, 1.165) is 5.56 Å². The van der Waals surface area contributed by atoms with Gasteiger partial charge in [-0.3, -0.25) is 14.2 Å². The van der Waals surface area contributed by atoms with Crippen LogP contribution in [0.15, 0.2) is 63.5 Å². The van der Waals surface area contributed by atoms with Crippen LogP contribution in [0.4, 0.5) is 5.69 Å². The Kier molecular flexibility index (Phi) is 8.35. The molecule has 0 aliphatic carbocycles. The van der Waals surface area contributed by atoms with Gasteiger partial charge in [-0.25, -0.2) is 9.79 Å². The van der Waals surface area contributed by atoms with Crippen LogP contribution in [0.25, 0.3) is 6.08 Å². The van der Waals surface area contributed by atoms with Crippen molar-refractivity contribution < 1.29 is 23.8 Å². The predicted octanol–water partition coefficient (Wildman–Crippen LogP) is 3.55. The third-order valence-electron chi connectivity index (χ3n) is 5.91. The van der Waals surface area contributed by atoms with Gasteiger partial charge in [0.25, 0.3) is 5.56 Å². The Labute approximate surface area is 230 Å². The molecule has 0 radical (unpaired) electrons. The number of allylic oxidation sites excluding steroid dienone is 1. The SMILES string of the molecule is CCOC(=O)C1=C(C)N=c2s/c(=C\c3ccc(NC(C)=O)cc3)c(=O)n2[C@H]1c1ccc(OC(C)C)c(OC)c1. The van der Waals surface area contributed by atoms with Gasteiger partial charge in [0.1, 0.15) is 0 Å². The zero-order chi connectivity index (χ0) is 28.3. The number of thiazole rings is 1. The Balaban J connectivity index is 1.88. The van der Waals surface area contributed by atoms with Crippen LogP contribution in [-0.4, -0.2) is 36.3 Å². The summed E-state index contributed by atoms with van der Waals surface area (Å²) in [5.41, 5.74) is 2.58. The maximum atomic E-state index is 13.8. The summed E-state index contributed by atoms with van der Waals surface area (Å²) in [7, 11) is 1.54. The Morgan fingerprint density at radius 1 is 1.15 bits per heavy atom. The number of rotatable bonds is 8. The van der Waals surface area contributed by atoms with Crippen LogP contribution in [0.5, 0.6) is 11.5 Å². The van der Waals surface area contributed by atoms with Crippen LogP contribution in [0.3, 0.4) is 0 Å². The van der Waals surface area contributed by atoms with Gasteiger partial charge in [-0.05, 0) is 69.2 Å². The number of amides is 1. The van der Waals surface area contributed by atoms with E-state index in [9.17, 15) is 14.4 Å². The van der Waals surface area contributed by atoms with Crippen LogP contribution >= 0.6 is 11.3 Å². The van der Waals surface area contributed by atoms with E-state index >= 15 is 0 Å². The number of nitrogens with zero attached hydrogens (tertiary/aromatic N) is 2. The van der Waals surface area contributed by atoms with E-state index in [1.165, 1.54) is 22.8 Å². The normalized spacial score (nSPS) is 15.1. The van der Waals surface area contributed by atoms with Gasteiger partial charge < -0.3 is 19.5 Å². The fourth-order valence-corrected chi connectivity index (χ4v) is 5.38. The second-order valence-electron chi connectivity index (χ2n) is 9.18. The second-order valence-corrected chi connectivity index (χ2v) is 10.2. The number of hydrogen-bond acceptors (Lipinski definition) is 8. The average molecular weight is 550 g/mol. The number of nitrogens with one attached hydrogen (secondary N) is 1. The molecule has 1 aliphatic rings. The number of carbonyl (C=O) groups excluding carboxylic acids is 2. The van der Waals surface area contributed by atoms with Crippen molar-refractivity contribution in [2.24, 2.45) is 4.99 Å². The van der Waals surface area contributed by atoms with E-state index in [-0.39, 0.29) is 29.8 Å². The summed E-state index contributed by atoms with van der Waals surface area (Å²) in [6.45, 7) is 8.94. The van der Waals surface area contributed by atoms with Gasteiger partial charge >= 0.3 is 5.97 Å². The van der Waals surface area contributed by atoms with Gasteiger partial charge in [0, 0.05) is 12.6 Å². The van der Waals surface area contributed by atoms with E-state index in [4.69, 9.17) is 14.2 Å². The maximum Gasteiger partial charge on any atom is 0.338 e. The summed E-state index contributed by atoms with van der Waals surface area (Å²) in [4.78, 5) is 43.3. The number of carbonyl (C=O) groups is 2. The molecule has 1 amide bonds. The lowest BCUT2D eigenvalue weighted by atomic mass is 9.95. The van der Waals surface area contributed by atoms with Crippen molar-refractivity contribution in [3.05, 3.63) is 84.5 Å². The van der Waals surface area contributed by atoms with Crippen molar-refractivity contribution in [1.29, 1.82) is 0 Å². The standard InChI is InChI=1S/C29H31N3O6S/c1-7-37-28(35)25-17(4)30-29-32(26(25)20-10-13-22(38-16(2)3)23(15-20)36-6)27(34)24(39-29)14-19-8-11-21(12-9-19)31-18(5)33/h8-16,26H,7H2,1-6H3,(H,31,33)/b24-14-/t26-/m0/s1. The molecule has 0 unspecified atom stereocenters. The molecule has 1 N–H and O–H groups in total. The molecule has 3 aromatic rings. The van der Waals surface area contributed by atoms with Crippen molar-refractivity contribution in [1.82, 2.24) is 4.57 Å². The Bertz CT molecular complexity index is 1620. The first-order valence-corrected chi connectivity index (χ1v) is 13.4. The lowest BCUT2D eigenvalue weighted by Crippen LogP contribution is -2.40. The molecule has 0 spiro atoms. The highest BCUT2D eigenvalue weighted by Gasteiger charge is 2.34. The number of fused-ring (bicyclic) bond motifs is 1. The molecule has 9 nitrogen and oxygen atoms in total. The van der Waals surface area contributed by atoms with Gasteiger partial charge in [-0.15, -0.1) is 0 Å². The molecule has 0 fully saturated rings. The lowest BCUT2D eigenvalue weighted by molar-refractivity contribution is -0.139. The zero-order valence-electron chi connectivity index (χ0n) is 22.7. The summed E-state index contributed by atoms with van der Waals surface area (Å²) in [6, 6.07) is 11.8. The van der Waals surface area contributed by atoms with Gasteiger partial charge in [0.15, 0.2) is 16.3 Å². The number of ether oxygens (including phenoxy) is 3. The van der Waals surface area contributed by atoms with Crippen LogP contribution in [0.2, 0.25) is 0 Å². The van der Waals surface area contributed by atoms with Gasteiger partial charge in [0.2, 0.25) is 5.91 Å². The topological polar surface area (TPSA) is 108 Å². The van der Waals surface area contributed by atoms with Crippen molar-refractivity contribution in [3.8, 4) is 11.5 Å². The first-order chi connectivity index (χ1) is 18.6. The number of benzene rings is 2. The van der Waals surface area contributed by atoms with Crippen LogP contribution in [-0.2, 0) is 14.3 Å². The highest BCUT2D eigenvalue weighted by atomic mass is 32.1. The molecule has 4 rings (SSSR count). The summed E-state index contributed by atoms with van der Waals surface area (Å²) in [5, 5.41) is 2.73. The minimum atomic E-state index is -0.772. The largest absolute Gasteiger partial charge is 0.493 e. The monoisotopic (exact) mass is 549 g/mol. The Morgan fingerprint density at radius 2 is 1.87 bits per heavy atom. The summed E-state index contributed by atoms with van der Waals surface area (Å²) in [5.74, 6) is 0.350. The smallest absolute Gasteiger partial charge is 0.338 e. The molecule has 2 heterocycles. The van der Waals surface area contributed by atoms with E-state index < -0.39 is 12.0 Å². The molecule has 1 aromatic heterocycles. The molecule has 39 heavy (non-hydrogen) atoms. The van der Waals surface area contributed by atoms with Crippen LogP contribution in [0.1, 0.15) is 51.8 Å². The first kappa shape index (κ1) is 27.8. The lowest BCUT2D eigenvalue weighted by Gasteiger charge is -2.25. The van der Waals surface area contributed by atoms with Gasteiger partial charge in [0.05, 0.1) is 41.7 Å². The van der Waals surface area contributed by atoms with Gasteiger partial charge in [-0.2, -0.15) is 0 Å². The number of hydrogen-bond donors (Lipinski definition) is 1. The predicted molar refractivity (Wildman–Crippen MR) is 150 cm³/mol. The summed E-state index contributed by atoms with van der Waals surface area (Å²) >= 11 is 1.24. The van der Waals surface area contributed by atoms with Gasteiger partial charge in [-0.1, -0.05) is 29.5 Å². The van der Waals surface area contributed by atoms with E-state index in [1.54, 1.807) is 51.3 Å². The second kappa shape index (κ2) is 11.7. The zero-order valence-corrected chi connectivity index (χ0v) is 23.5. The summed E-state index contributed by atoms with van der Waals surface area (Å²) < 4.78 is 18.8. The number of methoxy groups -OCH3 is 1. The number of esters is 1. The molecular weight excluding hydrogens is 518 g/mol. The van der Waals surface area contributed by atoms with E-state index in [0.29, 0.717) is 37.8 Å². The minimum absolute atomic E-state index is 0.0630. The number of aromatic nitrogens is 1. The Hall–Kier alpha value is -4.18. The highest BCUT2D eigenvalue weighted by Crippen LogP contribution is 2.36. The quantitative estimate of drug-likeness (QED) is 0.431. The highest BCUT2D eigenvalue weighted by molar-refractivity contribution is 7.07. The Morgan fingerprint density at radius 3 is 2.49 bits per heavy atom. The van der Waals surface area contributed by atoms with Crippen LogP contribution < -0.4 is 29.7 Å². The molecule has 0 saturated heterocycles. The fourth-order valence-electron chi connectivity index (χ4n) is 4.33. The van der Waals surface area contributed by atoms with Crippen molar-refractivity contribution in [2.45, 2.75) is 46.8 Å². The molecule has 2 aromatic carbocycles. The molecule has 204 valence electrons. The molecule has 10 heteroatoms. The molecule has 0 saturated carbocycles. The van der Waals surface area contributed by atoms with Crippen LogP contribution in [0, 0.1) is 0 Å². The molecule has 0 bridgehead atoms. The fraction of sp³-hybridized carbons (Fsp3) is 0.310.